The maximum Gasteiger partial charge on any atom is 0.312 e. The van der Waals surface area contributed by atoms with Crippen molar-refractivity contribution in [3.05, 3.63) is 66.0 Å². The zero-order valence-corrected chi connectivity index (χ0v) is 14.9. The lowest BCUT2D eigenvalue weighted by Crippen LogP contribution is -2.45. The SMILES string of the molecule is CCN(CCc1ccncc1)C(=O)C(=O)N(CC)Cc1ccccc1. The average Bonchev–Trinajstić information content (AvgIpc) is 2.67. The van der Waals surface area contributed by atoms with Gasteiger partial charge in [-0.2, -0.15) is 0 Å². The summed E-state index contributed by atoms with van der Waals surface area (Å²) < 4.78 is 0. The number of likely N-dealkylation sites (N-methyl/N-ethyl adjacent to an activating group) is 2. The molecule has 0 aliphatic rings. The second-order valence-electron chi connectivity index (χ2n) is 5.80. The van der Waals surface area contributed by atoms with Gasteiger partial charge in [0.05, 0.1) is 0 Å². The van der Waals surface area contributed by atoms with Crippen LogP contribution in [0, 0.1) is 0 Å². The number of rotatable bonds is 7. The van der Waals surface area contributed by atoms with Crippen LogP contribution in [0.1, 0.15) is 25.0 Å². The number of aromatic nitrogens is 1. The van der Waals surface area contributed by atoms with E-state index in [9.17, 15) is 9.59 Å². The van der Waals surface area contributed by atoms with Crippen LogP contribution in [-0.2, 0) is 22.6 Å². The van der Waals surface area contributed by atoms with Gasteiger partial charge < -0.3 is 9.80 Å². The lowest BCUT2D eigenvalue weighted by molar-refractivity contribution is -0.152. The number of carbonyl (C=O) groups excluding carboxylic acids is 2. The largest absolute Gasteiger partial charge is 0.334 e. The van der Waals surface area contributed by atoms with Crippen molar-refractivity contribution in [3.63, 3.8) is 0 Å². The quantitative estimate of drug-likeness (QED) is 0.729. The van der Waals surface area contributed by atoms with Crippen LogP contribution in [0.4, 0.5) is 0 Å². The average molecular weight is 339 g/mol. The van der Waals surface area contributed by atoms with Crippen LogP contribution in [0.2, 0.25) is 0 Å². The molecular weight excluding hydrogens is 314 g/mol. The normalized spacial score (nSPS) is 10.3. The molecule has 1 aromatic carbocycles. The van der Waals surface area contributed by atoms with Crippen LogP contribution < -0.4 is 0 Å². The van der Waals surface area contributed by atoms with Gasteiger partial charge in [-0.05, 0) is 43.5 Å². The van der Waals surface area contributed by atoms with Crippen LogP contribution in [0.3, 0.4) is 0 Å². The van der Waals surface area contributed by atoms with Gasteiger partial charge in [-0.15, -0.1) is 0 Å². The Morgan fingerprint density at radius 2 is 1.44 bits per heavy atom. The molecule has 0 N–H and O–H groups in total. The molecule has 1 aromatic heterocycles. The number of hydrogen-bond acceptors (Lipinski definition) is 3. The first-order valence-corrected chi connectivity index (χ1v) is 8.66. The Bertz CT molecular complexity index is 674. The Morgan fingerprint density at radius 1 is 0.840 bits per heavy atom. The summed E-state index contributed by atoms with van der Waals surface area (Å²) in [6.45, 7) is 5.77. The summed E-state index contributed by atoms with van der Waals surface area (Å²) in [5.41, 5.74) is 2.12. The van der Waals surface area contributed by atoms with Crippen molar-refractivity contribution in [2.24, 2.45) is 0 Å². The van der Waals surface area contributed by atoms with Crippen LogP contribution in [0.15, 0.2) is 54.9 Å². The minimum absolute atomic E-state index is 0.436. The fourth-order valence-electron chi connectivity index (χ4n) is 2.62. The molecule has 2 aromatic rings. The number of hydrogen-bond donors (Lipinski definition) is 0. The summed E-state index contributed by atoms with van der Waals surface area (Å²) in [6.07, 6.45) is 4.18. The van der Waals surface area contributed by atoms with Gasteiger partial charge in [-0.25, -0.2) is 0 Å². The van der Waals surface area contributed by atoms with E-state index in [0.717, 1.165) is 11.1 Å². The van der Waals surface area contributed by atoms with E-state index in [1.807, 2.05) is 56.3 Å². The topological polar surface area (TPSA) is 53.5 Å². The van der Waals surface area contributed by atoms with E-state index in [1.165, 1.54) is 0 Å². The maximum absolute atomic E-state index is 12.6. The van der Waals surface area contributed by atoms with Crippen molar-refractivity contribution >= 4 is 11.8 Å². The lowest BCUT2D eigenvalue weighted by atomic mass is 10.2. The Kier molecular flexibility index (Phi) is 7.14. The number of carbonyl (C=O) groups is 2. The minimum atomic E-state index is -0.442. The molecule has 5 heteroatoms. The number of amides is 2. The highest BCUT2D eigenvalue weighted by Crippen LogP contribution is 2.07. The lowest BCUT2D eigenvalue weighted by Gasteiger charge is -2.25. The van der Waals surface area contributed by atoms with Gasteiger partial charge in [-0.1, -0.05) is 30.3 Å². The third-order valence-corrected chi connectivity index (χ3v) is 4.16. The Hall–Kier alpha value is -2.69. The highest BCUT2D eigenvalue weighted by atomic mass is 16.2. The van der Waals surface area contributed by atoms with Crippen molar-refractivity contribution in [2.45, 2.75) is 26.8 Å². The van der Waals surface area contributed by atoms with Crippen molar-refractivity contribution in [2.75, 3.05) is 19.6 Å². The molecule has 25 heavy (non-hydrogen) atoms. The highest BCUT2D eigenvalue weighted by molar-refractivity contribution is 6.34. The van der Waals surface area contributed by atoms with Gasteiger partial charge in [0, 0.05) is 38.6 Å². The molecule has 0 saturated heterocycles. The molecule has 0 atom stereocenters. The fourth-order valence-corrected chi connectivity index (χ4v) is 2.62. The predicted octanol–water partition coefficient (Wildman–Crippen LogP) is 2.52. The first-order chi connectivity index (χ1) is 12.2. The van der Waals surface area contributed by atoms with Gasteiger partial charge in [-0.3, -0.25) is 14.6 Å². The van der Waals surface area contributed by atoms with E-state index in [-0.39, 0.29) is 0 Å². The van der Waals surface area contributed by atoms with Crippen molar-refractivity contribution in [1.82, 2.24) is 14.8 Å². The second-order valence-corrected chi connectivity index (χ2v) is 5.80. The van der Waals surface area contributed by atoms with Crippen LogP contribution in [0.25, 0.3) is 0 Å². The first kappa shape index (κ1) is 18.6. The summed E-state index contributed by atoms with van der Waals surface area (Å²) in [5, 5.41) is 0. The van der Waals surface area contributed by atoms with Crippen molar-refractivity contribution in [1.29, 1.82) is 0 Å². The number of pyridine rings is 1. The molecule has 1 heterocycles. The first-order valence-electron chi connectivity index (χ1n) is 8.66. The summed E-state index contributed by atoms with van der Waals surface area (Å²) in [5.74, 6) is -0.878. The molecule has 0 fully saturated rings. The second kappa shape index (κ2) is 9.57. The van der Waals surface area contributed by atoms with Gasteiger partial charge in [0.1, 0.15) is 0 Å². The Labute approximate surface area is 149 Å². The van der Waals surface area contributed by atoms with Crippen LogP contribution in [0.5, 0.6) is 0 Å². The molecule has 0 aliphatic carbocycles. The summed E-state index contributed by atoms with van der Waals surface area (Å²) >= 11 is 0. The molecule has 0 saturated carbocycles. The molecule has 2 amide bonds. The van der Waals surface area contributed by atoms with Crippen molar-refractivity contribution < 1.29 is 9.59 Å². The predicted molar refractivity (Wildman–Crippen MR) is 97.7 cm³/mol. The third kappa shape index (κ3) is 5.41. The van der Waals surface area contributed by atoms with E-state index in [0.29, 0.717) is 32.6 Å². The molecule has 0 aliphatic heterocycles. The fraction of sp³-hybridized carbons (Fsp3) is 0.350. The van der Waals surface area contributed by atoms with Crippen molar-refractivity contribution in [3.8, 4) is 0 Å². The highest BCUT2D eigenvalue weighted by Gasteiger charge is 2.25. The molecule has 0 radical (unpaired) electrons. The molecular formula is C20H25N3O2. The third-order valence-electron chi connectivity index (χ3n) is 4.16. The standard InChI is InChI=1S/C20H25N3O2/c1-3-22(15-12-17-10-13-21-14-11-17)19(24)20(25)23(4-2)16-18-8-6-5-7-9-18/h5-11,13-14H,3-4,12,15-16H2,1-2H3. The number of nitrogens with zero attached hydrogens (tertiary/aromatic N) is 3. The summed E-state index contributed by atoms with van der Waals surface area (Å²) in [6, 6.07) is 13.6. The molecule has 0 unspecified atom stereocenters. The van der Waals surface area contributed by atoms with Gasteiger partial charge in [0.2, 0.25) is 0 Å². The molecule has 5 nitrogen and oxygen atoms in total. The van der Waals surface area contributed by atoms with Gasteiger partial charge >= 0.3 is 11.8 Å². The Morgan fingerprint density at radius 3 is 2.04 bits per heavy atom. The summed E-state index contributed by atoms with van der Waals surface area (Å²) in [4.78, 5) is 32.4. The molecule has 0 bridgehead atoms. The van der Waals surface area contributed by atoms with Crippen LogP contribution in [-0.4, -0.2) is 46.2 Å². The van der Waals surface area contributed by atoms with E-state index in [4.69, 9.17) is 0 Å². The van der Waals surface area contributed by atoms with Gasteiger partial charge in [0.15, 0.2) is 0 Å². The van der Waals surface area contributed by atoms with Gasteiger partial charge in [0.25, 0.3) is 0 Å². The maximum atomic E-state index is 12.6. The summed E-state index contributed by atoms with van der Waals surface area (Å²) in [7, 11) is 0. The smallest absolute Gasteiger partial charge is 0.312 e. The van der Waals surface area contributed by atoms with E-state index >= 15 is 0 Å². The minimum Gasteiger partial charge on any atom is -0.334 e. The monoisotopic (exact) mass is 339 g/mol. The van der Waals surface area contributed by atoms with E-state index in [2.05, 4.69) is 4.98 Å². The molecule has 132 valence electrons. The van der Waals surface area contributed by atoms with E-state index < -0.39 is 11.8 Å². The van der Waals surface area contributed by atoms with Crippen LogP contribution >= 0.6 is 0 Å². The zero-order chi connectivity index (χ0) is 18.1. The number of benzene rings is 1. The molecule has 0 spiro atoms. The zero-order valence-electron chi connectivity index (χ0n) is 14.9. The molecule has 2 rings (SSSR count). The Balaban J connectivity index is 1.98. The van der Waals surface area contributed by atoms with E-state index in [1.54, 1.807) is 22.2 Å².